The number of halogens is 4. The lowest BCUT2D eigenvalue weighted by atomic mass is 10.1. The fourth-order valence-electron chi connectivity index (χ4n) is 3.84. The van der Waals surface area contributed by atoms with Crippen molar-refractivity contribution >= 4 is 62.3 Å². The number of sulfonamides is 1. The fraction of sp³-hybridized carbons (Fsp3) is 0.286. The highest BCUT2D eigenvalue weighted by Crippen LogP contribution is 2.29. The van der Waals surface area contributed by atoms with Gasteiger partial charge in [-0.3, -0.25) is 13.9 Å². The number of benzene rings is 3. The molecule has 0 aliphatic heterocycles. The molecule has 0 spiro atoms. The first-order valence-electron chi connectivity index (χ1n) is 12.5. The van der Waals surface area contributed by atoms with Crippen LogP contribution in [0.3, 0.4) is 0 Å². The highest BCUT2D eigenvalue weighted by molar-refractivity contribution is 7.92. The van der Waals surface area contributed by atoms with Gasteiger partial charge in [0.2, 0.25) is 11.8 Å². The first-order valence-corrected chi connectivity index (χ1v) is 15.1. The van der Waals surface area contributed by atoms with Crippen molar-refractivity contribution in [1.82, 2.24) is 10.2 Å². The minimum atomic E-state index is -4.30. The van der Waals surface area contributed by atoms with Crippen LogP contribution in [-0.4, -0.2) is 44.3 Å². The number of hydrogen-bond acceptors (Lipinski definition) is 4. The molecule has 7 nitrogen and oxygen atoms in total. The summed E-state index contributed by atoms with van der Waals surface area (Å²) in [5.74, 6) is -1.82. The number of carbonyl (C=O) groups excluding carboxylic acids is 2. The average molecular weight is 629 g/mol. The maximum absolute atomic E-state index is 14.0. The molecule has 1 unspecified atom stereocenters. The number of hydrogen-bond donors (Lipinski definition) is 1. The maximum atomic E-state index is 14.0. The van der Waals surface area contributed by atoms with Gasteiger partial charge in [0.05, 0.1) is 25.7 Å². The number of nitrogens with zero attached hydrogens (tertiary/aromatic N) is 2. The van der Waals surface area contributed by atoms with E-state index in [4.69, 9.17) is 34.8 Å². The Bertz CT molecular complexity index is 1460. The van der Waals surface area contributed by atoms with Gasteiger partial charge < -0.3 is 10.2 Å². The van der Waals surface area contributed by atoms with Crippen molar-refractivity contribution < 1.29 is 22.4 Å². The average Bonchev–Trinajstić information content (AvgIpc) is 2.93. The van der Waals surface area contributed by atoms with Gasteiger partial charge in [-0.25, -0.2) is 12.8 Å². The van der Waals surface area contributed by atoms with Crippen LogP contribution in [0.5, 0.6) is 0 Å². The van der Waals surface area contributed by atoms with Gasteiger partial charge in [0.1, 0.15) is 18.4 Å². The second-order valence-corrected chi connectivity index (χ2v) is 12.1. The molecule has 40 heavy (non-hydrogen) atoms. The van der Waals surface area contributed by atoms with Gasteiger partial charge in [0, 0.05) is 13.1 Å². The molecule has 0 heterocycles. The van der Waals surface area contributed by atoms with Crippen LogP contribution in [0.2, 0.25) is 15.1 Å². The highest BCUT2D eigenvalue weighted by Gasteiger charge is 2.32. The Kier molecular flexibility index (Phi) is 11.2. The Morgan fingerprint density at radius 2 is 1.65 bits per heavy atom. The molecule has 0 aromatic heterocycles. The van der Waals surface area contributed by atoms with Crippen molar-refractivity contribution in [2.45, 2.75) is 44.2 Å². The van der Waals surface area contributed by atoms with Crippen molar-refractivity contribution in [3.8, 4) is 0 Å². The molecule has 0 bridgehead atoms. The van der Waals surface area contributed by atoms with E-state index in [1.807, 2.05) is 6.92 Å². The third-order valence-electron chi connectivity index (χ3n) is 6.14. The summed E-state index contributed by atoms with van der Waals surface area (Å²) in [5, 5.41) is 3.08. The largest absolute Gasteiger partial charge is 0.354 e. The molecule has 12 heteroatoms. The topological polar surface area (TPSA) is 86.8 Å². The summed E-state index contributed by atoms with van der Waals surface area (Å²) in [6.45, 7) is 3.23. The minimum absolute atomic E-state index is 0.0156. The number of nitrogens with one attached hydrogen (secondary N) is 1. The van der Waals surface area contributed by atoms with Crippen molar-refractivity contribution in [2.75, 3.05) is 17.4 Å². The van der Waals surface area contributed by atoms with E-state index in [1.54, 1.807) is 43.3 Å². The molecule has 214 valence electrons. The summed E-state index contributed by atoms with van der Waals surface area (Å²) in [6, 6.07) is 14.7. The quantitative estimate of drug-likeness (QED) is 0.238. The highest BCUT2D eigenvalue weighted by atomic mass is 35.5. The van der Waals surface area contributed by atoms with E-state index in [2.05, 4.69) is 5.32 Å². The summed E-state index contributed by atoms with van der Waals surface area (Å²) >= 11 is 18.2. The van der Waals surface area contributed by atoms with Crippen LogP contribution < -0.4 is 9.62 Å². The van der Waals surface area contributed by atoms with Crippen LogP contribution in [0.4, 0.5) is 10.1 Å². The Labute approximate surface area is 248 Å². The van der Waals surface area contributed by atoms with Crippen molar-refractivity contribution in [3.63, 3.8) is 0 Å². The molecule has 0 fully saturated rings. The summed E-state index contributed by atoms with van der Waals surface area (Å²) in [6.07, 6.45) is 1.63. The zero-order valence-corrected chi connectivity index (χ0v) is 25.0. The van der Waals surface area contributed by atoms with Crippen LogP contribution >= 0.6 is 34.8 Å². The van der Waals surface area contributed by atoms with E-state index in [9.17, 15) is 22.4 Å². The Hall–Kier alpha value is -2.85. The number of anilines is 1. The molecule has 3 aromatic carbocycles. The van der Waals surface area contributed by atoms with Gasteiger partial charge in [0.25, 0.3) is 10.0 Å². The zero-order valence-electron chi connectivity index (χ0n) is 21.9. The van der Waals surface area contributed by atoms with Gasteiger partial charge >= 0.3 is 0 Å². The summed E-state index contributed by atoms with van der Waals surface area (Å²) in [4.78, 5) is 28.0. The lowest BCUT2D eigenvalue weighted by molar-refractivity contribution is -0.139. The van der Waals surface area contributed by atoms with Gasteiger partial charge in [0.15, 0.2) is 0 Å². The van der Waals surface area contributed by atoms with E-state index in [-0.39, 0.29) is 27.2 Å². The lowest BCUT2D eigenvalue weighted by Gasteiger charge is -2.32. The number of unbranched alkanes of at least 4 members (excludes halogenated alkanes) is 1. The van der Waals surface area contributed by atoms with Crippen LogP contribution in [0.25, 0.3) is 0 Å². The van der Waals surface area contributed by atoms with E-state index in [0.29, 0.717) is 17.1 Å². The monoisotopic (exact) mass is 627 g/mol. The van der Waals surface area contributed by atoms with Crippen LogP contribution in [0.1, 0.15) is 32.3 Å². The van der Waals surface area contributed by atoms with Crippen LogP contribution in [-0.2, 0) is 26.2 Å². The van der Waals surface area contributed by atoms with Gasteiger partial charge in [-0.15, -0.1) is 0 Å². The third-order valence-corrected chi connectivity index (χ3v) is 8.95. The van der Waals surface area contributed by atoms with E-state index < -0.39 is 40.2 Å². The van der Waals surface area contributed by atoms with Crippen LogP contribution in [0.15, 0.2) is 71.6 Å². The Balaban J connectivity index is 2.02. The molecular weight excluding hydrogens is 600 g/mol. The Morgan fingerprint density at radius 1 is 0.950 bits per heavy atom. The van der Waals surface area contributed by atoms with E-state index >= 15 is 0 Å². The molecule has 0 saturated heterocycles. The van der Waals surface area contributed by atoms with Crippen LogP contribution in [0, 0.1) is 5.82 Å². The number of carbonyl (C=O) groups is 2. The standard InChI is InChI=1S/C28H29Cl3FN3O4S/c1-3-4-14-33-28(37)19(2)34(17-20-10-12-23(29)24(30)15-20)27(36)18-35(21-11-13-26(32)25(31)16-21)40(38,39)22-8-6-5-7-9-22/h5-13,15-16,19H,3-4,14,17-18H2,1-2H3,(H,33,37). The second kappa shape index (κ2) is 14.2. The molecular formula is C28H29Cl3FN3O4S. The molecule has 0 radical (unpaired) electrons. The predicted octanol–water partition coefficient (Wildman–Crippen LogP) is 6.31. The molecule has 0 saturated carbocycles. The smallest absolute Gasteiger partial charge is 0.264 e. The molecule has 3 aromatic rings. The van der Waals surface area contributed by atoms with Gasteiger partial charge in [-0.2, -0.15) is 0 Å². The Morgan fingerprint density at radius 3 is 2.27 bits per heavy atom. The number of amides is 2. The molecule has 3 rings (SSSR count). The molecule has 1 N–H and O–H groups in total. The number of rotatable bonds is 12. The first-order chi connectivity index (χ1) is 18.9. The van der Waals surface area contributed by atoms with Crippen molar-refractivity contribution in [2.24, 2.45) is 0 Å². The minimum Gasteiger partial charge on any atom is -0.354 e. The third kappa shape index (κ3) is 7.87. The van der Waals surface area contributed by atoms with Gasteiger partial charge in [-0.05, 0) is 61.4 Å². The van der Waals surface area contributed by atoms with E-state index in [0.717, 1.165) is 29.3 Å². The summed E-state index contributed by atoms with van der Waals surface area (Å²) < 4.78 is 42.2. The predicted molar refractivity (Wildman–Crippen MR) is 157 cm³/mol. The molecule has 0 aliphatic rings. The summed E-state index contributed by atoms with van der Waals surface area (Å²) in [5.41, 5.74) is 0.566. The molecule has 0 aliphatic carbocycles. The normalized spacial score (nSPS) is 12.1. The van der Waals surface area contributed by atoms with Crippen molar-refractivity contribution in [3.05, 3.63) is 93.2 Å². The first kappa shape index (κ1) is 31.7. The maximum Gasteiger partial charge on any atom is 0.264 e. The zero-order chi connectivity index (χ0) is 29.4. The van der Waals surface area contributed by atoms with Gasteiger partial charge in [-0.1, -0.05) is 72.4 Å². The SMILES string of the molecule is CCCCNC(=O)C(C)N(Cc1ccc(Cl)c(Cl)c1)C(=O)CN(c1ccc(F)c(Cl)c1)S(=O)(=O)c1ccccc1. The second-order valence-electron chi connectivity index (χ2n) is 9.01. The summed E-state index contributed by atoms with van der Waals surface area (Å²) in [7, 11) is -4.30. The fourth-order valence-corrected chi connectivity index (χ4v) is 5.76. The molecule has 2 amide bonds. The van der Waals surface area contributed by atoms with Crippen molar-refractivity contribution in [1.29, 1.82) is 0 Å². The van der Waals surface area contributed by atoms with E-state index in [1.165, 1.54) is 23.1 Å². The lowest BCUT2D eigenvalue weighted by Crippen LogP contribution is -2.51. The molecule has 1 atom stereocenters.